The molecule has 1 N–H and O–H groups in total. The highest BCUT2D eigenvalue weighted by atomic mass is 16.6. The number of benzene rings is 1. The van der Waals surface area contributed by atoms with E-state index in [0.717, 1.165) is 18.4 Å². The fourth-order valence-electron chi connectivity index (χ4n) is 6.80. The summed E-state index contributed by atoms with van der Waals surface area (Å²) in [5, 5.41) is 10.6. The maximum Gasteiger partial charge on any atom is 0.312 e. The Labute approximate surface area is 238 Å². The molecule has 1 aromatic rings. The molecule has 2 bridgehead atoms. The predicted octanol–water partition coefficient (Wildman–Crippen LogP) is 3.68. The number of rotatable bonds is 13. The average Bonchev–Trinajstić information content (AvgIpc) is 3.57. The number of allylic oxidation sites excluding steroid dienone is 1. The van der Waals surface area contributed by atoms with Gasteiger partial charge in [0, 0.05) is 12.1 Å². The summed E-state index contributed by atoms with van der Waals surface area (Å²) in [4.78, 5) is 45.5. The first-order chi connectivity index (χ1) is 19.1. The highest BCUT2D eigenvalue weighted by Crippen LogP contribution is 2.59. The largest absolute Gasteiger partial charge is 0.465 e. The number of carbonyl (C=O) groups is 3. The van der Waals surface area contributed by atoms with Gasteiger partial charge in [0.2, 0.25) is 11.8 Å². The summed E-state index contributed by atoms with van der Waals surface area (Å²) in [6, 6.07) is 7.96. The molecule has 8 heteroatoms. The van der Waals surface area contributed by atoms with Gasteiger partial charge in [0.1, 0.15) is 11.6 Å². The zero-order chi connectivity index (χ0) is 29.1. The molecular weight excluding hydrogens is 508 g/mol. The van der Waals surface area contributed by atoms with E-state index >= 15 is 0 Å². The number of fused-ring (bicyclic) bond motifs is 1. The van der Waals surface area contributed by atoms with Crippen LogP contribution in [-0.4, -0.2) is 81.8 Å². The van der Waals surface area contributed by atoms with Crippen LogP contribution in [0, 0.1) is 11.8 Å². The third-order valence-corrected chi connectivity index (χ3v) is 8.60. The van der Waals surface area contributed by atoms with Gasteiger partial charge in [-0.15, -0.1) is 13.2 Å². The van der Waals surface area contributed by atoms with Crippen LogP contribution in [-0.2, 0) is 30.3 Å². The fraction of sp³-hybridized carbons (Fsp3) is 0.594. The number of unbranched alkanes of at least 4 members (excludes halogenated alkanes) is 2. The summed E-state index contributed by atoms with van der Waals surface area (Å²) in [7, 11) is 0. The number of aliphatic hydroxyl groups excluding tert-OH is 1. The van der Waals surface area contributed by atoms with Crippen LogP contribution >= 0.6 is 0 Å². The first kappa shape index (κ1) is 30.0. The fourth-order valence-corrected chi connectivity index (χ4v) is 6.80. The Hall–Kier alpha value is -2.97. The van der Waals surface area contributed by atoms with Crippen LogP contribution < -0.4 is 0 Å². The summed E-state index contributed by atoms with van der Waals surface area (Å²) in [6.07, 6.45) is 6.86. The van der Waals surface area contributed by atoms with Crippen molar-refractivity contribution in [3.8, 4) is 0 Å². The normalized spacial score (nSPS) is 27.8. The molecule has 4 rings (SSSR count). The second-order valence-electron chi connectivity index (χ2n) is 12.2. The Morgan fingerprint density at radius 3 is 2.58 bits per heavy atom. The van der Waals surface area contributed by atoms with Gasteiger partial charge in [-0.05, 0) is 64.9 Å². The van der Waals surface area contributed by atoms with E-state index in [4.69, 9.17) is 9.47 Å². The number of hydrogen-bond donors (Lipinski definition) is 1. The standard InChI is InChI=1S/C32H44N2O6/c1-6-8-9-13-19-39-30(38)25-24-16-17-32(40-24)26(25)28(36)34(23(21-35)20-22-14-11-10-12-15-22)27(32)29(37)33(18-7-2)31(3,4)5/h6-7,10-12,14-15,23-27,35H,1-2,8-9,13,16-21H2,3-5H3/t23-,24-,25+,26+,27?,32?/m1/s1. The van der Waals surface area contributed by atoms with E-state index < -0.39 is 47.1 Å². The molecule has 3 heterocycles. The number of hydrogen-bond acceptors (Lipinski definition) is 6. The molecule has 2 amide bonds. The second kappa shape index (κ2) is 12.3. The molecule has 0 saturated carbocycles. The Morgan fingerprint density at radius 2 is 1.95 bits per heavy atom. The molecular formula is C32H44N2O6. The molecule has 40 heavy (non-hydrogen) atoms. The van der Waals surface area contributed by atoms with Crippen LogP contribution in [0.15, 0.2) is 55.6 Å². The van der Waals surface area contributed by atoms with Crippen molar-refractivity contribution >= 4 is 17.8 Å². The van der Waals surface area contributed by atoms with Crippen LogP contribution in [0.1, 0.15) is 58.4 Å². The molecule has 0 aromatic heterocycles. The van der Waals surface area contributed by atoms with Gasteiger partial charge in [0.05, 0.1) is 37.2 Å². The highest BCUT2D eigenvalue weighted by Gasteiger charge is 2.75. The summed E-state index contributed by atoms with van der Waals surface area (Å²) >= 11 is 0. The molecule has 1 aromatic carbocycles. The minimum Gasteiger partial charge on any atom is -0.465 e. The number of aliphatic hydroxyl groups is 1. The van der Waals surface area contributed by atoms with E-state index in [1.807, 2.05) is 57.2 Å². The lowest BCUT2D eigenvalue weighted by atomic mass is 9.70. The number of nitrogens with zero attached hydrogens (tertiary/aromatic N) is 2. The Kier molecular flexibility index (Phi) is 9.20. The molecule has 3 saturated heterocycles. The third kappa shape index (κ3) is 5.48. The van der Waals surface area contributed by atoms with Crippen molar-refractivity contribution in [2.75, 3.05) is 19.8 Å². The first-order valence-electron chi connectivity index (χ1n) is 14.5. The number of esters is 1. The molecule has 3 fully saturated rings. The monoisotopic (exact) mass is 552 g/mol. The van der Waals surface area contributed by atoms with E-state index in [0.29, 0.717) is 32.2 Å². The van der Waals surface area contributed by atoms with Crippen molar-refractivity contribution in [1.82, 2.24) is 9.80 Å². The van der Waals surface area contributed by atoms with Crippen molar-refractivity contribution in [2.45, 2.75) is 88.6 Å². The van der Waals surface area contributed by atoms with Gasteiger partial charge in [-0.2, -0.15) is 0 Å². The molecule has 1 spiro atoms. The predicted molar refractivity (Wildman–Crippen MR) is 152 cm³/mol. The molecule has 8 nitrogen and oxygen atoms in total. The van der Waals surface area contributed by atoms with Crippen molar-refractivity contribution < 1.29 is 29.0 Å². The lowest BCUT2D eigenvalue weighted by Gasteiger charge is -2.43. The van der Waals surface area contributed by atoms with Gasteiger partial charge in [-0.25, -0.2) is 0 Å². The van der Waals surface area contributed by atoms with E-state index in [9.17, 15) is 19.5 Å². The van der Waals surface area contributed by atoms with Crippen LogP contribution in [0.3, 0.4) is 0 Å². The lowest BCUT2D eigenvalue weighted by Crippen LogP contribution is -2.61. The molecule has 0 aliphatic carbocycles. The van der Waals surface area contributed by atoms with Gasteiger partial charge < -0.3 is 24.4 Å². The van der Waals surface area contributed by atoms with E-state index in [1.54, 1.807) is 11.0 Å². The van der Waals surface area contributed by atoms with Gasteiger partial charge in [-0.3, -0.25) is 14.4 Å². The van der Waals surface area contributed by atoms with Crippen LogP contribution in [0.2, 0.25) is 0 Å². The van der Waals surface area contributed by atoms with Crippen molar-refractivity contribution in [1.29, 1.82) is 0 Å². The topological polar surface area (TPSA) is 96.4 Å². The van der Waals surface area contributed by atoms with Gasteiger partial charge in [0.25, 0.3) is 0 Å². The summed E-state index contributed by atoms with van der Waals surface area (Å²) in [5.41, 5.74) is -0.766. The Balaban J connectivity index is 1.71. The lowest BCUT2D eigenvalue weighted by molar-refractivity contribution is -0.157. The van der Waals surface area contributed by atoms with Gasteiger partial charge in [0.15, 0.2) is 0 Å². The SMILES string of the molecule is C=CCCCCOC(=O)[C@@H]1[C@H]2C(=O)N([C@@H](CO)Cc3ccccc3)C(C(=O)N(CC=C)C(C)(C)C)C23CC[C@H]1O3. The average molecular weight is 553 g/mol. The van der Waals surface area contributed by atoms with E-state index in [2.05, 4.69) is 13.2 Å². The number of amides is 2. The molecule has 3 aliphatic rings. The quantitative estimate of drug-likeness (QED) is 0.228. The van der Waals surface area contributed by atoms with Crippen molar-refractivity contribution in [3.05, 3.63) is 61.2 Å². The minimum atomic E-state index is -1.15. The maximum absolute atomic E-state index is 14.5. The molecule has 218 valence electrons. The third-order valence-electron chi connectivity index (χ3n) is 8.60. The van der Waals surface area contributed by atoms with Crippen molar-refractivity contribution in [3.63, 3.8) is 0 Å². The smallest absolute Gasteiger partial charge is 0.312 e. The second-order valence-corrected chi connectivity index (χ2v) is 12.2. The Morgan fingerprint density at radius 1 is 1.23 bits per heavy atom. The zero-order valence-corrected chi connectivity index (χ0v) is 24.1. The van der Waals surface area contributed by atoms with Crippen LogP contribution in [0.4, 0.5) is 0 Å². The minimum absolute atomic E-state index is 0.256. The molecule has 2 unspecified atom stereocenters. The number of likely N-dealkylation sites (tertiary alicyclic amines) is 1. The highest BCUT2D eigenvalue weighted by molar-refractivity contribution is 5.98. The van der Waals surface area contributed by atoms with Crippen molar-refractivity contribution in [2.24, 2.45) is 11.8 Å². The molecule has 0 radical (unpaired) electrons. The molecule has 6 atom stereocenters. The van der Waals surface area contributed by atoms with Gasteiger partial charge >= 0.3 is 5.97 Å². The summed E-state index contributed by atoms with van der Waals surface area (Å²) in [6.45, 7) is 13.6. The Bertz CT molecular complexity index is 1100. The van der Waals surface area contributed by atoms with Crippen LogP contribution in [0.5, 0.6) is 0 Å². The first-order valence-corrected chi connectivity index (χ1v) is 14.5. The van der Waals surface area contributed by atoms with E-state index in [1.165, 1.54) is 4.90 Å². The number of carbonyl (C=O) groups excluding carboxylic acids is 3. The maximum atomic E-state index is 14.5. The molecule has 3 aliphatic heterocycles. The summed E-state index contributed by atoms with van der Waals surface area (Å²) < 4.78 is 12.2. The zero-order valence-electron chi connectivity index (χ0n) is 24.1. The van der Waals surface area contributed by atoms with Crippen LogP contribution in [0.25, 0.3) is 0 Å². The number of ether oxygens (including phenoxy) is 2. The van der Waals surface area contributed by atoms with Gasteiger partial charge in [-0.1, -0.05) is 42.5 Å². The van der Waals surface area contributed by atoms with E-state index in [-0.39, 0.29) is 25.0 Å². The summed E-state index contributed by atoms with van der Waals surface area (Å²) in [5.74, 6) is -2.64.